The van der Waals surface area contributed by atoms with Gasteiger partial charge >= 0.3 is 0 Å². The smallest absolute Gasteiger partial charge is 0.267 e. The van der Waals surface area contributed by atoms with Crippen LogP contribution in [0.4, 0.5) is 9.52 Å². The number of hydrogen-bond donors (Lipinski definition) is 1. The van der Waals surface area contributed by atoms with Gasteiger partial charge in [0.05, 0.1) is 20.8 Å². The minimum atomic E-state index is -3.36. The first kappa shape index (κ1) is 20.8. The summed E-state index contributed by atoms with van der Waals surface area (Å²) in [4.78, 5) is 29.0. The van der Waals surface area contributed by atoms with Gasteiger partial charge in [0.15, 0.2) is 15.0 Å². The predicted molar refractivity (Wildman–Crippen MR) is 115 cm³/mol. The van der Waals surface area contributed by atoms with Crippen LogP contribution in [-0.4, -0.2) is 35.3 Å². The van der Waals surface area contributed by atoms with E-state index >= 15 is 0 Å². The number of halogens is 1. The lowest BCUT2D eigenvalue weighted by molar-refractivity contribution is -0.117. The van der Waals surface area contributed by atoms with Crippen LogP contribution < -0.4 is 10.9 Å². The van der Waals surface area contributed by atoms with E-state index in [2.05, 4.69) is 15.4 Å². The largest absolute Gasteiger partial charge is 0.300 e. The molecule has 2 heterocycles. The Morgan fingerprint density at radius 2 is 1.87 bits per heavy atom. The minimum Gasteiger partial charge on any atom is -0.300 e. The zero-order valence-corrected chi connectivity index (χ0v) is 17.7. The highest BCUT2D eigenvalue weighted by Crippen LogP contribution is 2.28. The van der Waals surface area contributed by atoms with Crippen LogP contribution in [0.2, 0.25) is 0 Å². The van der Waals surface area contributed by atoms with Gasteiger partial charge in [0.1, 0.15) is 12.4 Å². The van der Waals surface area contributed by atoms with E-state index in [1.54, 1.807) is 6.07 Å². The normalized spacial score (nSPS) is 11.5. The Balaban J connectivity index is 1.54. The maximum atomic E-state index is 13.1. The number of fused-ring (bicyclic) bond motifs is 1. The summed E-state index contributed by atoms with van der Waals surface area (Å²) in [7, 11) is -3.36. The SMILES string of the molecule is CS(=O)(=O)c1ccc2nc(NC(=O)Cn3nc(-c4ccc(F)cc4)ccc3=O)sc2c1. The van der Waals surface area contributed by atoms with Gasteiger partial charge in [-0.1, -0.05) is 11.3 Å². The summed E-state index contributed by atoms with van der Waals surface area (Å²) in [5.41, 5.74) is 1.09. The number of benzene rings is 2. The summed E-state index contributed by atoms with van der Waals surface area (Å²) in [5, 5.41) is 7.05. The maximum absolute atomic E-state index is 13.1. The lowest BCUT2D eigenvalue weighted by Crippen LogP contribution is -2.29. The molecule has 0 bridgehead atoms. The molecule has 1 N–H and O–H groups in total. The first-order chi connectivity index (χ1) is 14.7. The molecule has 1 amide bonds. The second-order valence-electron chi connectivity index (χ2n) is 6.69. The number of thiazole rings is 1. The summed E-state index contributed by atoms with van der Waals surface area (Å²) in [5.74, 6) is -0.913. The second-order valence-corrected chi connectivity index (χ2v) is 9.74. The van der Waals surface area contributed by atoms with E-state index in [1.807, 2.05) is 0 Å². The average Bonchev–Trinajstić information content (AvgIpc) is 3.11. The van der Waals surface area contributed by atoms with E-state index in [0.717, 1.165) is 22.3 Å². The van der Waals surface area contributed by atoms with Gasteiger partial charge in [-0.2, -0.15) is 5.10 Å². The standard InChI is InChI=1S/C20H15FN4O4S2/c1-31(28,29)14-6-7-16-17(10-14)30-20(22-16)23-18(26)11-25-19(27)9-8-15(24-25)12-2-4-13(21)5-3-12/h2-10H,11H2,1H3,(H,22,23,26). The average molecular weight is 458 g/mol. The molecule has 158 valence electrons. The number of rotatable bonds is 5. The van der Waals surface area contributed by atoms with Crippen LogP contribution in [-0.2, 0) is 21.2 Å². The van der Waals surface area contributed by atoms with E-state index in [0.29, 0.717) is 21.5 Å². The third-order valence-corrected chi connectivity index (χ3v) is 6.38. The maximum Gasteiger partial charge on any atom is 0.267 e. The van der Waals surface area contributed by atoms with Gasteiger partial charge in [-0.15, -0.1) is 0 Å². The van der Waals surface area contributed by atoms with Gasteiger partial charge in [0.25, 0.3) is 5.56 Å². The Bertz CT molecular complexity index is 1460. The molecule has 0 radical (unpaired) electrons. The number of nitrogens with zero attached hydrogens (tertiary/aromatic N) is 3. The summed E-state index contributed by atoms with van der Waals surface area (Å²) >= 11 is 1.12. The molecule has 0 fully saturated rings. The van der Waals surface area contributed by atoms with Gasteiger partial charge in [0.2, 0.25) is 5.91 Å². The Morgan fingerprint density at radius 1 is 1.13 bits per heavy atom. The summed E-state index contributed by atoms with van der Waals surface area (Å²) in [6.07, 6.45) is 1.11. The van der Waals surface area contributed by atoms with Crippen LogP contribution in [0.25, 0.3) is 21.5 Å². The highest BCUT2D eigenvalue weighted by atomic mass is 32.2. The van der Waals surface area contributed by atoms with Crippen LogP contribution >= 0.6 is 11.3 Å². The number of nitrogens with one attached hydrogen (secondary N) is 1. The zero-order chi connectivity index (χ0) is 22.2. The fraction of sp³-hybridized carbons (Fsp3) is 0.100. The molecule has 0 saturated carbocycles. The van der Waals surface area contributed by atoms with Crippen LogP contribution in [0, 0.1) is 5.82 Å². The molecule has 2 aromatic carbocycles. The molecule has 0 unspecified atom stereocenters. The summed E-state index contributed by atoms with van der Waals surface area (Å²) in [6.45, 7) is -0.349. The molecule has 0 aliphatic carbocycles. The quantitative estimate of drug-likeness (QED) is 0.492. The first-order valence-corrected chi connectivity index (χ1v) is 11.6. The Kier molecular flexibility index (Phi) is 5.38. The highest BCUT2D eigenvalue weighted by Gasteiger charge is 2.13. The number of carbonyl (C=O) groups excluding carboxylic acids is 1. The van der Waals surface area contributed by atoms with Crippen LogP contribution in [0.3, 0.4) is 0 Å². The monoisotopic (exact) mass is 458 g/mol. The van der Waals surface area contributed by atoms with Crippen LogP contribution in [0.1, 0.15) is 0 Å². The molecule has 2 aromatic heterocycles. The Labute approximate surface area is 179 Å². The summed E-state index contributed by atoms with van der Waals surface area (Å²) < 4.78 is 38.1. The number of aromatic nitrogens is 3. The molecular formula is C20H15FN4O4S2. The fourth-order valence-electron chi connectivity index (χ4n) is 2.82. The lowest BCUT2D eigenvalue weighted by Gasteiger charge is -2.07. The third-order valence-electron chi connectivity index (χ3n) is 4.33. The molecule has 8 nitrogen and oxygen atoms in total. The predicted octanol–water partition coefficient (Wildman–Crippen LogP) is 2.70. The van der Waals surface area contributed by atoms with Gasteiger partial charge < -0.3 is 5.32 Å². The van der Waals surface area contributed by atoms with Gasteiger partial charge in [-0.25, -0.2) is 22.5 Å². The molecule has 31 heavy (non-hydrogen) atoms. The van der Waals surface area contributed by atoms with Crippen molar-refractivity contribution < 1.29 is 17.6 Å². The lowest BCUT2D eigenvalue weighted by atomic mass is 10.1. The van der Waals surface area contributed by atoms with Gasteiger partial charge in [-0.3, -0.25) is 9.59 Å². The minimum absolute atomic E-state index is 0.162. The van der Waals surface area contributed by atoms with Crippen molar-refractivity contribution in [1.29, 1.82) is 0 Å². The number of sulfone groups is 1. The van der Waals surface area contributed by atoms with Gasteiger partial charge in [-0.05, 0) is 48.5 Å². The molecule has 0 aliphatic rings. The molecule has 0 spiro atoms. The van der Waals surface area contributed by atoms with E-state index in [1.165, 1.54) is 48.5 Å². The zero-order valence-electron chi connectivity index (χ0n) is 16.1. The number of hydrogen-bond acceptors (Lipinski definition) is 7. The number of anilines is 1. The highest BCUT2D eigenvalue weighted by molar-refractivity contribution is 7.90. The topological polar surface area (TPSA) is 111 Å². The van der Waals surface area contributed by atoms with Crippen LogP contribution in [0.5, 0.6) is 0 Å². The summed E-state index contributed by atoms with van der Waals surface area (Å²) in [6, 6.07) is 12.9. The van der Waals surface area contributed by atoms with Crippen molar-refractivity contribution in [3.05, 3.63) is 70.8 Å². The van der Waals surface area contributed by atoms with Crippen molar-refractivity contribution in [1.82, 2.24) is 14.8 Å². The van der Waals surface area contributed by atoms with Crippen molar-refractivity contribution >= 4 is 42.4 Å². The third kappa shape index (κ3) is 4.67. The Hall–Kier alpha value is -3.44. The molecule has 0 atom stereocenters. The first-order valence-electron chi connectivity index (χ1n) is 8.94. The van der Waals surface area contributed by atoms with Crippen molar-refractivity contribution in [3.8, 4) is 11.3 Å². The molecule has 0 aliphatic heterocycles. The van der Waals surface area contributed by atoms with Crippen molar-refractivity contribution in [2.24, 2.45) is 0 Å². The molecular weight excluding hydrogens is 443 g/mol. The van der Waals surface area contributed by atoms with E-state index in [-0.39, 0.29) is 16.6 Å². The number of amides is 1. The van der Waals surface area contributed by atoms with Crippen molar-refractivity contribution in [2.75, 3.05) is 11.6 Å². The van der Waals surface area contributed by atoms with Crippen LogP contribution in [0.15, 0.2) is 64.3 Å². The Morgan fingerprint density at radius 3 is 2.58 bits per heavy atom. The number of carbonyl (C=O) groups is 1. The fourth-order valence-corrected chi connectivity index (χ4v) is 4.46. The van der Waals surface area contributed by atoms with E-state index in [4.69, 9.17) is 0 Å². The van der Waals surface area contributed by atoms with E-state index in [9.17, 15) is 22.4 Å². The molecule has 4 rings (SSSR count). The molecule has 4 aromatic rings. The molecule has 11 heteroatoms. The second kappa shape index (κ2) is 8.00. The van der Waals surface area contributed by atoms with Gasteiger partial charge in [0, 0.05) is 17.9 Å². The van der Waals surface area contributed by atoms with Crippen molar-refractivity contribution in [2.45, 2.75) is 11.4 Å². The molecule has 0 saturated heterocycles. The van der Waals surface area contributed by atoms with E-state index < -0.39 is 27.1 Å². The van der Waals surface area contributed by atoms with Crippen molar-refractivity contribution in [3.63, 3.8) is 0 Å².